The number of benzene rings is 1. The lowest BCUT2D eigenvalue weighted by molar-refractivity contribution is -0.0425. The highest BCUT2D eigenvalue weighted by molar-refractivity contribution is 5.23. The maximum atomic E-state index is 8.96. The number of aliphatic hydroxyl groups excluding tert-OH is 1. The van der Waals surface area contributed by atoms with Crippen molar-refractivity contribution in [1.82, 2.24) is 4.90 Å². The molecule has 0 aromatic heterocycles. The molecule has 0 spiro atoms. The Kier molecular flexibility index (Phi) is 3.90. The van der Waals surface area contributed by atoms with E-state index in [0.717, 1.165) is 32.8 Å². The summed E-state index contributed by atoms with van der Waals surface area (Å²) in [6.45, 7) is 4.42. The van der Waals surface area contributed by atoms with Gasteiger partial charge in [0.1, 0.15) is 0 Å². The zero-order chi connectivity index (χ0) is 11.4. The lowest BCUT2D eigenvalue weighted by Crippen LogP contribution is -2.35. The minimum absolute atomic E-state index is 0.533. The van der Waals surface area contributed by atoms with Crippen molar-refractivity contribution >= 4 is 0 Å². The fourth-order valence-electron chi connectivity index (χ4n) is 1.81. The van der Waals surface area contributed by atoms with Gasteiger partial charge in [0, 0.05) is 25.2 Å². The van der Waals surface area contributed by atoms with Crippen LogP contribution in [0, 0.1) is 0 Å². The molecule has 1 fully saturated rings. The van der Waals surface area contributed by atoms with Crippen molar-refractivity contribution in [3.8, 4) is 0 Å². The van der Waals surface area contributed by atoms with Crippen LogP contribution in [0.5, 0.6) is 0 Å². The normalized spacial score (nSPS) is 17.9. The Bertz CT molecular complexity index is 318. The van der Waals surface area contributed by atoms with E-state index in [2.05, 4.69) is 4.90 Å². The Balaban J connectivity index is 1.93. The van der Waals surface area contributed by atoms with Crippen molar-refractivity contribution in [3.63, 3.8) is 0 Å². The Morgan fingerprint density at radius 2 is 1.75 bits per heavy atom. The summed E-state index contributed by atoms with van der Waals surface area (Å²) in [5, 5.41) is 17.9. The Morgan fingerprint density at radius 1 is 1.12 bits per heavy atom. The summed E-state index contributed by atoms with van der Waals surface area (Å²) in [5.74, 6) is 0. The highest BCUT2D eigenvalue weighted by atomic mass is 16.5. The van der Waals surface area contributed by atoms with Crippen LogP contribution >= 0.6 is 0 Å². The van der Waals surface area contributed by atoms with Crippen LogP contribution in [-0.4, -0.2) is 41.4 Å². The molecule has 16 heavy (non-hydrogen) atoms. The third-order valence-electron chi connectivity index (χ3n) is 2.79. The highest BCUT2D eigenvalue weighted by Crippen LogP contribution is 2.13. The van der Waals surface area contributed by atoms with Crippen molar-refractivity contribution in [2.45, 2.75) is 12.8 Å². The molecule has 4 heteroatoms. The molecule has 2 rings (SSSR count). The number of nitrogens with zero attached hydrogens (tertiary/aromatic N) is 1. The van der Waals surface area contributed by atoms with Gasteiger partial charge in [-0.25, -0.2) is 0 Å². The number of hydrogen-bond donors (Lipinski definition) is 2. The van der Waals surface area contributed by atoms with E-state index in [9.17, 15) is 0 Å². The van der Waals surface area contributed by atoms with Gasteiger partial charge in [-0.15, -0.1) is 0 Å². The molecule has 2 N–H and O–H groups in total. The second kappa shape index (κ2) is 5.41. The van der Waals surface area contributed by atoms with Crippen molar-refractivity contribution in [2.24, 2.45) is 0 Å². The van der Waals surface area contributed by atoms with Crippen LogP contribution in [0.2, 0.25) is 0 Å². The smallest absolute Gasteiger partial charge is 0.178 e. The fourth-order valence-corrected chi connectivity index (χ4v) is 1.81. The van der Waals surface area contributed by atoms with Crippen molar-refractivity contribution in [2.75, 3.05) is 26.3 Å². The first kappa shape index (κ1) is 11.5. The molecule has 1 aromatic rings. The summed E-state index contributed by atoms with van der Waals surface area (Å²) < 4.78 is 5.28. The van der Waals surface area contributed by atoms with Gasteiger partial charge in [0.15, 0.2) is 6.29 Å². The van der Waals surface area contributed by atoms with Crippen LogP contribution < -0.4 is 0 Å². The summed E-state index contributed by atoms with van der Waals surface area (Å²) in [6, 6.07) is 7.37. The molecule has 4 nitrogen and oxygen atoms in total. The van der Waals surface area contributed by atoms with E-state index in [4.69, 9.17) is 14.9 Å². The van der Waals surface area contributed by atoms with Crippen LogP contribution in [0.1, 0.15) is 17.4 Å². The molecule has 1 saturated heterocycles. The van der Waals surface area contributed by atoms with E-state index in [1.54, 1.807) is 12.1 Å². The van der Waals surface area contributed by atoms with Gasteiger partial charge in [0.05, 0.1) is 13.2 Å². The Labute approximate surface area is 95.1 Å². The Morgan fingerprint density at radius 3 is 2.31 bits per heavy atom. The largest absolute Gasteiger partial charge is 0.379 e. The summed E-state index contributed by atoms with van der Waals surface area (Å²) in [7, 11) is 0. The van der Waals surface area contributed by atoms with Gasteiger partial charge < -0.3 is 14.9 Å². The first-order chi connectivity index (χ1) is 7.75. The molecule has 0 amide bonds. The number of hydrogen-bond acceptors (Lipinski definition) is 4. The summed E-state index contributed by atoms with van der Waals surface area (Å²) in [5.41, 5.74) is 1.72. The van der Waals surface area contributed by atoms with Crippen LogP contribution in [-0.2, 0) is 11.3 Å². The SMILES string of the molecule is OC(O)c1ccc(CN2CCOCC2)cc1. The summed E-state index contributed by atoms with van der Waals surface area (Å²) in [4.78, 5) is 2.33. The van der Waals surface area contributed by atoms with Gasteiger partial charge >= 0.3 is 0 Å². The van der Waals surface area contributed by atoms with E-state index in [1.807, 2.05) is 12.1 Å². The number of aliphatic hydroxyl groups is 2. The summed E-state index contributed by atoms with van der Waals surface area (Å²) >= 11 is 0. The third kappa shape index (κ3) is 3.02. The van der Waals surface area contributed by atoms with E-state index in [1.165, 1.54) is 5.56 Å². The molecule has 1 aromatic carbocycles. The Hall–Kier alpha value is -0.940. The zero-order valence-electron chi connectivity index (χ0n) is 9.17. The zero-order valence-corrected chi connectivity index (χ0v) is 9.17. The van der Waals surface area contributed by atoms with Gasteiger partial charge in [0.25, 0.3) is 0 Å². The molecule has 0 unspecified atom stereocenters. The molecule has 0 saturated carbocycles. The predicted molar refractivity (Wildman–Crippen MR) is 59.7 cm³/mol. The van der Waals surface area contributed by atoms with Crippen LogP contribution in [0.15, 0.2) is 24.3 Å². The molecule has 0 atom stereocenters. The molecule has 88 valence electrons. The van der Waals surface area contributed by atoms with Crippen molar-refractivity contribution in [3.05, 3.63) is 35.4 Å². The average Bonchev–Trinajstić information content (AvgIpc) is 2.31. The lowest BCUT2D eigenvalue weighted by atomic mass is 10.1. The minimum Gasteiger partial charge on any atom is -0.379 e. The highest BCUT2D eigenvalue weighted by Gasteiger charge is 2.10. The fraction of sp³-hybridized carbons (Fsp3) is 0.500. The molecule has 1 heterocycles. The van der Waals surface area contributed by atoms with Crippen molar-refractivity contribution < 1.29 is 14.9 Å². The van der Waals surface area contributed by atoms with Gasteiger partial charge in [-0.05, 0) is 5.56 Å². The number of morpholine rings is 1. The predicted octanol–water partition coefficient (Wildman–Crippen LogP) is 0.502. The first-order valence-electron chi connectivity index (χ1n) is 5.51. The molecule has 0 bridgehead atoms. The molecule has 1 aliphatic heterocycles. The lowest BCUT2D eigenvalue weighted by Gasteiger charge is -2.26. The summed E-state index contributed by atoms with van der Waals surface area (Å²) in [6.07, 6.45) is -1.38. The maximum absolute atomic E-state index is 8.96. The topological polar surface area (TPSA) is 52.9 Å². The molecule has 0 radical (unpaired) electrons. The molecular weight excluding hydrogens is 206 g/mol. The second-order valence-corrected chi connectivity index (χ2v) is 4.00. The molecule has 0 aliphatic carbocycles. The van der Waals surface area contributed by atoms with Gasteiger partial charge in [-0.3, -0.25) is 4.90 Å². The van der Waals surface area contributed by atoms with E-state index in [0.29, 0.717) is 5.56 Å². The molecular formula is C12H17NO3. The van der Waals surface area contributed by atoms with Crippen molar-refractivity contribution in [1.29, 1.82) is 0 Å². The number of ether oxygens (including phenoxy) is 1. The number of rotatable bonds is 3. The van der Waals surface area contributed by atoms with E-state index in [-0.39, 0.29) is 0 Å². The quantitative estimate of drug-likeness (QED) is 0.733. The van der Waals surface area contributed by atoms with Gasteiger partial charge in [-0.2, -0.15) is 0 Å². The monoisotopic (exact) mass is 223 g/mol. The third-order valence-corrected chi connectivity index (χ3v) is 2.79. The maximum Gasteiger partial charge on any atom is 0.178 e. The molecule has 1 aliphatic rings. The van der Waals surface area contributed by atoms with Crippen LogP contribution in [0.25, 0.3) is 0 Å². The van der Waals surface area contributed by atoms with Gasteiger partial charge in [-0.1, -0.05) is 24.3 Å². The average molecular weight is 223 g/mol. The van der Waals surface area contributed by atoms with Crippen LogP contribution in [0.3, 0.4) is 0 Å². The standard InChI is InChI=1S/C12H17NO3/c14-12(15)11-3-1-10(2-4-11)9-13-5-7-16-8-6-13/h1-4,12,14-15H,5-9H2. The second-order valence-electron chi connectivity index (χ2n) is 4.00. The van der Waals surface area contributed by atoms with E-state index < -0.39 is 6.29 Å². The first-order valence-corrected chi connectivity index (χ1v) is 5.51. The van der Waals surface area contributed by atoms with Gasteiger partial charge in [0.2, 0.25) is 0 Å². The van der Waals surface area contributed by atoms with E-state index >= 15 is 0 Å². The minimum atomic E-state index is -1.38. The van der Waals surface area contributed by atoms with Crippen LogP contribution in [0.4, 0.5) is 0 Å².